The third-order valence-corrected chi connectivity index (χ3v) is 6.42. The molecule has 116 valence electrons. The maximum absolute atomic E-state index is 12.8. The van der Waals surface area contributed by atoms with Crippen LogP contribution < -0.4 is 5.73 Å². The molecule has 1 aromatic rings. The third-order valence-electron chi connectivity index (χ3n) is 5.20. The van der Waals surface area contributed by atoms with Gasteiger partial charge in [-0.15, -0.1) is 11.3 Å². The van der Waals surface area contributed by atoms with Crippen LogP contribution in [0.5, 0.6) is 0 Å². The van der Waals surface area contributed by atoms with E-state index in [1.807, 2.05) is 11.9 Å². The first-order chi connectivity index (χ1) is 10.2. The van der Waals surface area contributed by atoms with Crippen LogP contribution in [-0.2, 0) is 12.8 Å². The molecule has 1 saturated carbocycles. The highest BCUT2D eigenvalue weighted by Crippen LogP contribution is 2.32. The molecule has 2 N–H and O–H groups in total. The Kier molecular flexibility index (Phi) is 4.65. The first-order valence-corrected chi connectivity index (χ1v) is 9.11. The molecule has 2 aliphatic carbocycles. The number of hydrogen-bond donors (Lipinski definition) is 1. The molecule has 0 spiro atoms. The highest BCUT2D eigenvalue weighted by Gasteiger charge is 2.31. The molecule has 0 saturated heterocycles. The molecule has 2 aliphatic rings. The Bertz CT molecular complexity index is 487. The molecule has 1 aromatic heterocycles. The van der Waals surface area contributed by atoms with Crippen LogP contribution in [0.25, 0.3) is 0 Å². The van der Waals surface area contributed by atoms with Gasteiger partial charge in [0.15, 0.2) is 0 Å². The number of fused-ring (bicyclic) bond motifs is 1. The number of hydrogen-bond acceptors (Lipinski definition) is 3. The highest BCUT2D eigenvalue weighted by atomic mass is 32.1. The fourth-order valence-electron chi connectivity index (χ4n) is 3.89. The van der Waals surface area contributed by atoms with Crippen molar-refractivity contribution in [3.05, 3.63) is 21.4 Å². The van der Waals surface area contributed by atoms with E-state index in [1.54, 1.807) is 11.3 Å². The van der Waals surface area contributed by atoms with Gasteiger partial charge in [0.25, 0.3) is 5.91 Å². The summed E-state index contributed by atoms with van der Waals surface area (Å²) in [6.45, 7) is 0.698. The van der Waals surface area contributed by atoms with Crippen molar-refractivity contribution >= 4 is 17.2 Å². The van der Waals surface area contributed by atoms with Gasteiger partial charge in [-0.3, -0.25) is 4.79 Å². The van der Waals surface area contributed by atoms with Gasteiger partial charge >= 0.3 is 0 Å². The summed E-state index contributed by atoms with van der Waals surface area (Å²) in [4.78, 5) is 17.2. The Labute approximate surface area is 131 Å². The lowest BCUT2D eigenvalue weighted by molar-refractivity contribution is 0.0625. The van der Waals surface area contributed by atoms with Crippen molar-refractivity contribution in [3.63, 3.8) is 0 Å². The summed E-state index contributed by atoms with van der Waals surface area (Å²) in [6, 6.07) is 2.48. The molecular formula is C17H26N2OS. The third kappa shape index (κ3) is 3.02. The minimum Gasteiger partial charge on any atom is -0.338 e. The fraction of sp³-hybridized carbons (Fsp3) is 0.706. The van der Waals surface area contributed by atoms with Gasteiger partial charge in [0, 0.05) is 18.0 Å². The van der Waals surface area contributed by atoms with Crippen molar-refractivity contribution < 1.29 is 4.79 Å². The quantitative estimate of drug-likeness (QED) is 0.932. The van der Waals surface area contributed by atoms with E-state index in [9.17, 15) is 4.79 Å². The number of nitrogens with zero attached hydrogens (tertiary/aromatic N) is 1. The lowest BCUT2D eigenvalue weighted by atomic mass is 9.83. The first-order valence-electron chi connectivity index (χ1n) is 8.29. The van der Waals surface area contributed by atoms with Gasteiger partial charge in [-0.1, -0.05) is 12.8 Å². The van der Waals surface area contributed by atoms with Crippen LogP contribution >= 0.6 is 11.3 Å². The van der Waals surface area contributed by atoms with Crippen molar-refractivity contribution in [2.75, 3.05) is 13.6 Å². The lowest BCUT2D eigenvalue weighted by Gasteiger charge is -2.37. The molecule has 1 fully saturated rings. The predicted molar refractivity (Wildman–Crippen MR) is 87.9 cm³/mol. The minimum atomic E-state index is 0.208. The topological polar surface area (TPSA) is 46.3 Å². The number of amides is 1. The van der Waals surface area contributed by atoms with Crippen LogP contribution in [0, 0.1) is 5.92 Å². The molecule has 4 heteroatoms. The molecular weight excluding hydrogens is 280 g/mol. The molecule has 21 heavy (non-hydrogen) atoms. The van der Waals surface area contributed by atoms with E-state index < -0.39 is 0 Å². The van der Waals surface area contributed by atoms with E-state index in [2.05, 4.69) is 6.07 Å². The number of carbonyl (C=O) groups excluding carboxylic acids is 1. The Morgan fingerprint density at radius 1 is 1.29 bits per heavy atom. The monoisotopic (exact) mass is 306 g/mol. The average molecular weight is 306 g/mol. The van der Waals surface area contributed by atoms with Crippen LogP contribution in [0.15, 0.2) is 6.07 Å². The Morgan fingerprint density at radius 2 is 2.05 bits per heavy atom. The molecule has 0 radical (unpaired) electrons. The van der Waals surface area contributed by atoms with E-state index in [0.29, 0.717) is 18.5 Å². The molecule has 1 heterocycles. The predicted octanol–water partition coefficient (Wildman–Crippen LogP) is 3.22. The molecule has 0 aliphatic heterocycles. The minimum absolute atomic E-state index is 0.208. The Balaban J connectivity index is 1.75. The summed E-state index contributed by atoms with van der Waals surface area (Å²) in [7, 11) is 1.97. The second-order valence-electron chi connectivity index (χ2n) is 6.53. The van der Waals surface area contributed by atoms with Gasteiger partial charge < -0.3 is 10.6 Å². The number of rotatable bonds is 3. The van der Waals surface area contributed by atoms with Gasteiger partial charge in [-0.2, -0.15) is 0 Å². The molecule has 0 aromatic carbocycles. The zero-order valence-corrected chi connectivity index (χ0v) is 13.8. The number of carbonyl (C=O) groups is 1. The Morgan fingerprint density at radius 3 is 2.81 bits per heavy atom. The van der Waals surface area contributed by atoms with Gasteiger partial charge in [0.05, 0.1) is 4.88 Å². The highest BCUT2D eigenvalue weighted by molar-refractivity contribution is 7.14. The summed E-state index contributed by atoms with van der Waals surface area (Å²) in [5.41, 5.74) is 7.33. The number of thiophene rings is 1. The van der Waals surface area contributed by atoms with Gasteiger partial charge in [0.2, 0.25) is 0 Å². The zero-order valence-electron chi connectivity index (χ0n) is 12.9. The average Bonchev–Trinajstić information content (AvgIpc) is 2.97. The second-order valence-corrected chi connectivity index (χ2v) is 7.67. The maximum Gasteiger partial charge on any atom is 0.263 e. The smallest absolute Gasteiger partial charge is 0.263 e. The van der Waals surface area contributed by atoms with Crippen molar-refractivity contribution in [1.82, 2.24) is 4.90 Å². The number of aryl methyl sites for hydroxylation is 2. The summed E-state index contributed by atoms with van der Waals surface area (Å²) in [6.07, 6.45) is 9.60. The van der Waals surface area contributed by atoms with Crippen molar-refractivity contribution in [2.24, 2.45) is 11.7 Å². The van der Waals surface area contributed by atoms with Gasteiger partial charge in [-0.05, 0) is 62.6 Å². The summed E-state index contributed by atoms with van der Waals surface area (Å²) in [5, 5.41) is 0. The van der Waals surface area contributed by atoms with Crippen LogP contribution in [0.4, 0.5) is 0 Å². The Hall–Kier alpha value is -0.870. The van der Waals surface area contributed by atoms with E-state index in [4.69, 9.17) is 5.73 Å². The maximum atomic E-state index is 12.8. The molecule has 0 bridgehead atoms. The lowest BCUT2D eigenvalue weighted by Crippen LogP contribution is -2.45. The largest absolute Gasteiger partial charge is 0.338 e. The standard InChI is InChI=1S/C17H26N2OS/c1-19(14-8-4-2-7-13(14)11-18)17(20)16-10-12-6-3-5-9-15(12)21-16/h10,13-14H,2-9,11,18H2,1H3. The molecule has 2 atom stereocenters. The molecule has 1 amide bonds. The molecule has 3 rings (SSSR count). The fourth-order valence-corrected chi connectivity index (χ4v) is 5.13. The summed E-state index contributed by atoms with van der Waals surface area (Å²) < 4.78 is 0. The van der Waals surface area contributed by atoms with Crippen molar-refractivity contribution in [1.29, 1.82) is 0 Å². The normalized spacial score (nSPS) is 25.4. The SMILES string of the molecule is CN(C(=O)c1cc2c(s1)CCCC2)C1CCCCC1CN. The van der Waals surface area contributed by atoms with E-state index in [0.717, 1.165) is 24.1 Å². The van der Waals surface area contributed by atoms with Gasteiger partial charge in [-0.25, -0.2) is 0 Å². The van der Waals surface area contributed by atoms with E-state index >= 15 is 0 Å². The van der Waals surface area contributed by atoms with Gasteiger partial charge in [0.1, 0.15) is 0 Å². The molecule has 2 unspecified atom stereocenters. The van der Waals surface area contributed by atoms with Crippen LogP contribution in [0.1, 0.15) is 58.6 Å². The van der Waals surface area contributed by atoms with E-state index in [1.165, 1.54) is 42.5 Å². The number of nitrogens with two attached hydrogens (primary N) is 1. The zero-order chi connectivity index (χ0) is 14.8. The van der Waals surface area contributed by atoms with Crippen molar-refractivity contribution in [2.45, 2.75) is 57.4 Å². The van der Waals surface area contributed by atoms with Crippen molar-refractivity contribution in [3.8, 4) is 0 Å². The van der Waals surface area contributed by atoms with Crippen LogP contribution in [-0.4, -0.2) is 30.4 Å². The first kappa shape index (κ1) is 15.0. The molecule has 3 nitrogen and oxygen atoms in total. The van der Waals surface area contributed by atoms with Crippen LogP contribution in [0.2, 0.25) is 0 Å². The summed E-state index contributed by atoms with van der Waals surface area (Å²) >= 11 is 1.72. The van der Waals surface area contributed by atoms with Crippen LogP contribution in [0.3, 0.4) is 0 Å². The summed E-state index contributed by atoms with van der Waals surface area (Å²) in [5.74, 6) is 0.682. The van der Waals surface area contributed by atoms with E-state index in [-0.39, 0.29) is 5.91 Å². The second kappa shape index (κ2) is 6.49.